The standard InChI is InChI=1S/C23H21N3O2/c1-15-13-16(11-12-21(15)28-2)14-22(27)24-18-8-4-3-7-17(18)23-25-19-9-5-6-10-20(19)26-23/h3-13H,14H2,1-2H3,(H,24,27)(H,25,26). The number of carbonyl (C=O) groups is 1. The molecule has 0 unspecified atom stereocenters. The van der Waals surface area contributed by atoms with Gasteiger partial charge in [0.25, 0.3) is 0 Å². The maximum absolute atomic E-state index is 12.6. The second kappa shape index (κ2) is 7.56. The smallest absolute Gasteiger partial charge is 0.228 e. The molecule has 5 nitrogen and oxygen atoms in total. The molecule has 0 saturated heterocycles. The van der Waals surface area contributed by atoms with Crippen molar-refractivity contribution >= 4 is 22.6 Å². The molecule has 0 fully saturated rings. The topological polar surface area (TPSA) is 67.0 Å². The number of hydrogen-bond acceptors (Lipinski definition) is 3. The number of carbonyl (C=O) groups excluding carboxylic acids is 1. The van der Waals surface area contributed by atoms with Crippen molar-refractivity contribution in [3.8, 4) is 17.1 Å². The highest BCUT2D eigenvalue weighted by atomic mass is 16.5. The number of aromatic nitrogens is 2. The highest BCUT2D eigenvalue weighted by molar-refractivity contribution is 5.96. The van der Waals surface area contributed by atoms with Gasteiger partial charge in [0.1, 0.15) is 11.6 Å². The number of benzene rings is 3. The molecule has 0 radical (unpaired) electrons. The lowest BCUT2D eigenvalue weighted by Gasteiger charge is -2.11. The van der Waals surface area contributed by atoms with Crippen molar-refractivity contribution in [3.05, 3.63) is 77.9 Å². The normalized spacial score (nSPS) is 10.8. The third-order valence-electron chi connectivity index (χ3n) is 4.67. The highest BCUT2D eigenvalue weighted by Gasteiger charge is 2.12. The van der Waals surface area contributed by atoms with Gasteiger partial charge in [-0.2, -0.15) is 0 Å². The van der Waals surface area contributed by atoms with Crippen molar-refractivity contribution in [2.75, 3.05) is 12.4 Å². The zero-order chi connectivity index (χ0) is 19.5. The maximum atomic E-state index is 12.6. The molecule has 4 aromatic rings. The molecule has 1 amide bonds. The van der Waals surface area contributed by atoms with Crippen LogP contribution in [0.2, 0.25) is 0 Å². The maximum Gasteiger partial charge on any atom is 0.228 e. The van der Waals surface area contributed by atoms with Crippen molar-refractivity contribution in [1.29, 1.82) is 0 Å². The van der Waals surface area contributed by atoms with E-state index in [1.54, 1.807) is 7.11 Å². The Hall–Kier alpha value is -3.60. The summed E-state index contributed by atoms with van der Waals surface area (Å²) in [5.41, 5.74) is 5.40. The number of anilines is 1. The molecule has 1 heterocycles. The number of fused-ring (bicyclic) bond motifs is 1. The van der Waals surface area contributed by atoms with Crippen LogP contribution in [0.3, 0.4) is 0 Å². The Kier molecular flexibility index (Phi) is 4.81. The predicted molar refractivity (Wildman–Crippen MR) is 112 cm³/mol. The molecule has 0 saturated carbocycles. The molecule has 2 N–H and O–H groups in total. The van der Waals surface area contributed by atoms with E-state index < -0.39 is 0 Å². The highest BCUT2D eigenvalue weighted by Crippen LogP contribution is 2.28. The number of nitrogens with zero attached hydrogens (tertiary/aromatic N) is 1. The zero-order valence-corrected chi connectivity index (χ0v) is 15.8. The third-order valence-corrected chi connectivity index (χ3v) is 4.67. The number of hydrogen-bond donors (Lipinski definition) is 2. The molecule has 140 valence electrons. The molecule has 1 aromatic heterocycles. The van der Waals surface area contributed by atoms with Gasteiger partial charge in [-0.15, -0.1) is 0 Å². The van der Waals surface area contributed by atoms with Gasteiger partial charge in [0, 0.05) is 5.56 Å². The lowest BCUT2D eigenvalue weighted by molar-refractivity contribution is -0.115. The number of aromatic amines is 1. The van der Waals surface area contributed by atoms with Crippen LogP contribution in [-0.4, -0.2) is 23.0 Å². The number of nitrogens with one attached hydrogen (secondary N) is 2. The van der Waals surface area contributed by atoms with Crippen LogP contribution in [-0.2, 0) is 11.2 Å². The first-order valence-corrected chi connectivity index (χ1v) is 9.11. The number of amides is 1. The largest absolute Gasteiger partial charge is 0.496 e. The molecule has 0 aliphatic heterocycles. The molecule has 0 atom stereocenters. The first kappa shape index (κ1) is 17.8. The Bertz CT molecular complexity index is 1110. The molecular weight excluding hydrogens is 350 g/mol. The van der Waals surface area contributed by atoms with E-state index in [2.05, 4.69) is 15.3 Å². The fourth-order valence-electron chi connectivity index (χ4n) is 3.31. The summed E-state index contributed by atoms with van der Waals surface area (Å²) in [6.45, 7) is 1.97. The molecule has 3 aromatic carbocycles. The Morgan fingerprint density at radius 1 is 1.07 bits per heavy atom. The van der Waals surface area contributed by atoms with E-state index in [0.29, 0.717) is 6.42 Å². The van der Waals surface area contributed by atoms with Crippen molar-refractivity contribution in [3.63, 3.8) is 0 Å². The van der Waals surface area contributed by atoms with E-state index in [1.165, 1.54) is 0 Å². The first-order valence-electron chi connectivity index (χ1n) is 9.11. The summed E-state index contributed by atoms with van der Waals surface area (Å²) in [4.78, 5) is 20.6. The molecule has 5 heteroatoms. The van der Waals surface area contributed by atoms with Crippen molar-refractivity contribution in [2.24, 2.45) is 0 Å². The Labute approximate surface area is 163 Å². The van der Waals surface area contributed by atoms with Crippen LogP contribution in [0.1, 0.15) is 11.1 Å². The van der Waals surface area contributed by atoms with E-state index in [9.17, 15) is 4.79 Å². The first-order chi connectivity index (χ1) is 13.6. The second-order valence-corrected chi connectivity index (χ2v) is 6.68. The Morgan fingerprint density at radius 2 is 1.86 bits per heavy atom. The summed E-state index contributed by atoms with van der Waals surface area (Å²) in [6, 6.07) is 21.3. The molecule has 0 aliphatic carbocycles. The van der Waals surface area contributed by atoms with Gasteiger partial charge in [-0.25, -0.2) is 4.98 Å². The van der Waals surface area contributed by atoms with Gasteiger partial charge in [0.05, 0.1) is 30.3 Å². The van der Waals surface area contributed by atoms with Crippen LogP contribution in [0, 0.1) is 6.92 Å². The summed E-state index contributed by atoms with van der Waals surface area (Å²) >= 11 is 0. The zero-order valence-electron chi connectivity index (χ0n) is 15.8. The van der Waals surface area contributed by atoms with E-state index >= 15 is 0 Å². The summed E-state index contributed by atoms with van der Waals surface area (Å²) in [7, 11) is 1.64. The van der Waals surface area contributed by atoms with Gasteiger partial charge in [-0.05, 0) is 48.4 Å². The third kappa shape index (κ3) is 3.60. The lowest BCUT2D eigenvalue weighted by atomic mass is 10.1. The van der Waals surface area contributed by atoms with Crippen LogP contribution >= 0.6 is 0 Å². The average Bonchev–Trinajstić information content (AvgIpc) is 3.12. The predicted octanol–water partition coefficient (Wildman–Crippen LogP) is 4.73. The Morgan fingerprint density at radius 3 is 2.64 bits per heavy atom. The summed E-state index contributed by atoms with van der Waals surface area (Å²) in [5.74, 6) is 1.48. The lowest BCUT2D eigenvalue weighted by Crippen LogP contribution is -2.15. The van der Waals surface area contributed by atoms with Crippen LogP contribution in [0.15, 0.2) is 66.7 Å². The molecule has 0 aliphatic rings. The minimum atomic E-state index is -0.0758. The average molecular weight is 371 g/mol. The van der Waals surface area contributed by atoms with Gasteiger partial charge in [-0.1, -0.05) is 36.4 Å². The fourth-order valence-corrected chi connectivity index (χ4v) is 3.31. The van der Waals surface area contributed by atoms with E-state index in [4.69, 9.17) is 4.74 Å². The molecule has 0 spiro atoms. The Balaban J connectivity index is 1.57. The fraction of sp³-hybridized carbons (Fsp3) is 0.130. The van der Waals surface area contributed by atoms with Gasteiger partial charge < -0.3 is 15.0 Å². The molecule has 0 bridgehead atoms. The second-order valence-electron chi connectivity index (χ2n) is 6.68. The van der Waals surface area contributed by atoms with E-state index in [1.807, 2.05) is 73.7 Å². The monoisotopic (exact) mass is 371 g/mol. The number of para-hydroxylation sites is 3. The molecule has 28 heavy (non-hydrogen) atoms. The summed E-state index contributed by atoms with van der Waals surface area (Å²) < 4.78 is 5.28. The number of H-pyrrole nitrogens is 1. The van der Waals surface area contributed by atoms with Crippen LogP contribution in [0.4, 0.5) is 5.69 Å². The number of methoxy groups -OCH3 is 1. The summed E-state index contributed by atoms with van der Waals surface area (Å²) in [6.07, 6.45) is 0.291. The SMILES string of the molecule is COc1ccc(CC(=O)Nc2ccccc2-c2nc3ccccc3[nH]2)cc1C. The van der Waals surface area contributed by atoms with E-state index in [-0.39, 0.29) is 5.91 Å². The number of aryl methyl sites for hydroxylation is 1. The van der Waals surface area contributed by atoms with Gasteiger partial charge in [-0.3, -0.25) is 4.79 Å². The van der Waals surface area contributed by atoms with Gasteiger partial charge in [0.15, 0.2) is 0 Å². The number of rotatable bonds is 5. The number of imidazole rings is 1. The van der Waals surface area contributed by atoms with Gasteiger partial charge >= 0.3 is 0 Å². The van der Waals surface area contributed by atoms with Crippen LogP contribution in [0.25, 0.3) is 22.4 Å². The van der Waals surface area contributed by atoms with Crippen LogP contribution in [0.5, 0.6) is 5.75 Å². The minimum absolute atomic E-state index is 0.0758. The number of ether oxygens (including phenoxy) is 1. The van der Waals surface area contributed by atoms with E-state index in [0.717, 1.165) is 45.0 Å². The molecular formula is C23H21N3O2. The summed E-state index contributed by atoms with van der Waals surface area (Å²) in [5, 5.41) is 3.02. The van der Waals surface area contributed by atoms with Crippen molar-refractivity contribution in [1.82, 2.24) is 9.97 Å². The minimum Gasteiger partial charge on any atom is -0.496 e. The molecule has 4 rings (SSSR count). The van der Waals surface area contributed by atoms with Crippen molar-refractivity contribution in [2.45, 2.75) is 13.3 Å². The van der Waals surface area contributed by atoms with Gasteiger partial charge in [0.2, 0.25) is 5.91 Å². The van der Waals surface area contributed by atoms with Crippen LogP contribution < -0.4 is 10.1 Å². The quantitative estimate of drug-likeness (QED) is 0.533. The van der Waals surface area contributed by atoms with Crippen molar-refractivity contribution < 1.29 is 9.53 Å².